The van der Waals surface area contributed by atoms with Gasteiger partial charge in [-0.1, -0.05) is 23.7 Å². The van der Waals surface area contributed by atoms with E-state index in [-0.39, 0.29) is 18.4 Å². The number of halogens is 1. The van der Waals surface area contributed by atoms with Crippen LogP contribution in [0, 0.1) is 0 Å². The van der Waals surface area contributed by atoms with E-state index < -0.39 is 12.2 Å². The summed E-state index contributed by atoms with van der Waals surface area (Å²) in [6, 6.07) is 14.9. The van der Waals surface area contributed by atoms with Crippen LogP contribution < -0.4 is 19.7 Å². The van der Waals surface area contributed by atoms with Gasteiger partial charge in [0, 0.05) is 36.9 Å². The summed E-state index contributed by atoms with van der Waals surface area (Å²) in [5.74, 6) is 0.679. The van der Waals surface area contributed by atoms with E-state index in [1.54, 1.807) is 24.0 Å². The molecule has 2 amide bonds. The molecular weight excluding hydrogens is 406 g/mol. The van der Waals surface area contributed by atoms with E-state index in [2.05, 4.69) is 10.2 Å². The van der Waals surface area contributed by atoms with E-state index in [1.807, 2.05) is 36.4 Å². The van der Waals surface area contributed by atoms with Gasteiger partial charge in [0.1, 0.15) is 6.10 Å². The minimum atomic E-state index is -0.797. The van der Waals surface area contributed by atoms with Gasteiger partial charge in [-0.2, -0.15) is 0 Å². The quantitative estimate of drug-likeness (QED) is 0.807. The van der Waals surface area contributed by atoms with Crippen LogP contribution in [-0.2, 0) is 9.59 Å². The number of benzene rings is 2. The number of hydrogen-bond donors (Lipinski definition) is 1. The van der Waals surface area contributed by atoms with E-state index in [1.165, 1.54) is 0 Å². The third kappa shape index (κ3) is 4.46. The average Bonchev–Trinajstić information content (AvgIpc) is 2.77. The monoisotopic (exact) mass is 429 g/mol. The van der Waals surface area contributed by atoms with Crippen molar-refractivity contribution in [1.82, 2.24) is 10.2 Å². The number of rotatable bonds is 4. The number of carbonyl (C=O) groups excluding carboxylic acids is 2. The first-order valence-electron chi connectivity index (χ1n) is 9.99. The van der Waals surface area contributed by atoms with Crippen LogP contribution in [0.1, 0.15) is 6.92 Å². The molecule has 2 aliphatic rings. The van der Waals surface area contributed by atoms with Crippen LogP contribution in [0.5, 0.6) is 11.5 Å². The van der Waals surface area contributed by atoms with Crippen molar-refractivity contribution in [3.05, 3.63) is 53.6 Å². The maximum atomic E-state index is 12.6. The molecule has 1 N–H and O–H groups in total. The normalized spacial score (nSPS) is 20.6. The van der Waals surface area contributed by atoms with Gasteiger partial charge in [-0.25, -0.2) is 0 Å². The molecular formula is C22H24ClN3O4. The van der Waals surface area contributed by atoms with Crippen LogP contribution in [0.3, 0.4) is 0 Å². The van der Waals surface area contributed by atoms with Crippen molar-refractivity contribution in [3.63, 3.8) is 0 Å². The Balaban J connectivity index is 1.26. The Morgan fingerprint density at radius 3 is 2.30 bits per heavy atom. The van der Waals surface area contributed by atoms with E-state index >= 15 is 0 Å². The zero-order chi connectivity index (χ0) is 21.1. The maximum absolute atomic E-state index is 12.6. The average molecular weight is 430 g/mol. The Morgan fingerprint density at radius 1 is 1.00 bits per heavy atom. The standard InChI is InChI=1S/C22H24ClN3O4/c1-15-21(30-19-5-3-2-4-18(19)29-15)22(28)24-14-20(27)26-12-10-25(11-13-26)17-8-6-16(23)7-9-17/h2-9,15,21H,10-14H2,1H3,(H,24,28). The Kier molecular flexibility index (Phi) is 5.99. The number of nitrogens with zero attached hydrogens (tertiary/aromatic N) is 2. The lowest BCUT2D eigenvalue weighted by Crippen LogP contribution is -2.54. The summed E-state index contributed by atoms with van der Waals surface area (Å²) >= 11 is 5.94. The lowest BCUT2D eigenvalue weighted by molar-refractivity contribution is -0.138. The van der Waals surface area contributed by atoms with Gasteiger partial charge in [0.15, 0.2) is 11.5 Å². The van der Waals surface area contributed by atoms with E-state index in [0.717, 1.165) is 18.8 Å². The zero-order valence-electron chi connectivity index (χ0n) is 16.7. The van der Waals surface area contributed by atoms with Gasteiger partial charge in [-0.05, 0) is 43.3 Å². The van der Waals surface area contributed by atoms with Gasteiger partial charge in [0.2, 0.25) is 12.0 Å². The molecule has 2 aliphatic heterocycles. The Labute approximate surface area is 180 Å². The second-order valence-electron chi connectivity index (χ2n) is 7.37. The van der Waals surface area contributed by atoms with Gasteiger partial charge in [-0.3, -0.25) is 9.59 Å². The molecule has 0 bridgehead atoms. The molecule has 1 saturated heterocycles. The third-order valence-electron chi connectivity index (χ3n) is 5.34. The minimum Gasteiger partial charge on any atom is -0.482 e. The van der Waals surface area contributed by atoms with Crippen molar-refractivity contribution in [2.24, 2.45) is 0 Å². The summed E-state index contributed by atoms with van der Waals surface area (Å²) in [5, 5.41) is 3.40. The Bertz CT molecular complexity index is 913. The van der Waals surface area contributed by atoms with Crippen molar-refractivity contribution in [3.8, 4) is 11.5 Å². The first kappa shape index (κ1) is 20.3. The zero-order valence-corrected chi connectivity index (χ0v) is 17.5. The summed E-state index contributed by atoms with van der Waals surface area (Å²) in [6.45, 7) is 4.38. The van der Waals surface area contributed by atoms with Gasteiger partial charge in [0.05, 0.1) is 6.54 Å². The number of fused-ring (bicyclic) bond motifs is 1. The number of para-hydroxylation sites is 2. The van der Waals surface area contributed by atoms with E-state index in [0.29, 0.717) is 29.6 Å². The number of hydrogen-bond acceptors (Lipinski definition) is 5. The molecule has 0 aromatic heterocycles. The molecule has 8 heteroatoms. The first-order valence-corrected chi connectivity index (χ1v) is 10.4. The molecule has 1 fully saturated rings. The summed E-state index contributed by atoms with van der Waals surface area (Å²) in [4.78, 5) is 29.1. The van der Waals surface area contributed by atoms with Crippen LogP contribution >= 0.6 is 11.6 Å². The van der Waals surface area contributed by atoms with E-state index in [9.17, 15) is 9.59 Å². The minimum absolute atomic E-state index is 0.0615. The van der Waals surface area contributed by atoms with Crippen molar-refractivity contribution in [1.29, 1.82) is 0 Å². The lowest BCUT2D eigenvalue weighted by atomic mass is 10.1. The van der Waals surface area contributed by atoms with Crippen LogP contribution in [0.25, 0.3) is 0 Å². The van der Waals surface area contributed by atoms with Crippen LogP contribution in [0.15, 0.2) is 48.5 Å². The highest BCUT2D eigenvalue weighted by atomic mass is 35.5. The van der Waals surface area contributed by atoms with E-state index in [4.69, 9.17) is 21.1 Å². The largest absolute Gasteiger partial charge is 0.482 e. The summed E-state index contributed by atoms with van der Waals surface area (Å²) in [6.07, 6.45) is -1.24. The van der Waals surface area contributed by atoms with Gasteiger partial charge < -0.3 is 24.6 Å². The SMILES string of the molecule is CC1Oc2ccccc2OC1C(=O)NCC(=O)N1CCN(c2ccc(Cl)cc2)CC1. The number of nitrogens with one attached hydrogen (secondary N) is 1. The second kappa shape index (κ2) is 8.83. The number of amides is 2. The fourth-order valence-electron chi connectivity index (χ4n) is 3.65. The summed E-state index contributed by atoms with van der Waals surface area (Å²) < 4.78 is 11.5. The molecule has 7 nitrogen and oxygen atoms in total. The molecule has 0 aliphatic carbocycles. The van der Waals surface area contributed by atoms with Gasteiger partial charge >= 0.3 is 0 Å². The first-order chi connectivity index (χ1) is 14.5. The number of piperazine rings is 1. The number of anilines is 1. The van der Waals surface area contributed by atoms with Gasteiger partial charge in [-0.15, -0.1) is 0 Å². The van der Waals surface area contributed by atoms with Crippen molar-refractivity contribution in [2.45, 2.75) is 19.1 Å². The highest BCUT2D eigenvalue weighted by molar-refractivity contribution is 6.30. The lowest BCUT2D eigenvalue weighted by Gasteiger charge is -2.36. The molecule has 0 radical (unpaired) electrons. The topological polar surface area (TPSA) is 71.1 Å². The highest BCUT2D eigenvalue weighted by Gasteiger charge is 2.34. The van der Waals surface area contributed by atoms with Crippen molar-refractivity contribution in [2.75, 3.05) is 37.6 Å². The summed E-state index contributed by atoms with van der Waals surface area (Å²) in [5.41, 5.74) is 1.09. The fourth-order valence-corrected chi connectivity index (χ4v) is 3.77. The summed E-state index contributed by atoms with van der Waals surface area (Å²) in [7, 11) is 0. The Hall–Kier alpha value is -2.93. The molecule has 2 unspecified atom stereocenters. The van der Waals surface area contributed by atoms with Gasteiger partial charge in [0.25, 0.3) is 5.91 Å². The van der Waals surface area contributed by atoms with Crippen LogP contribution in [0.2, 0.25) is 5.02 Å². The fraction of sp³-hybridized carbons (Fsp3) is 0.364. The number of carbonyl (C=O) groups is 2. The second-order valence-corrected chi connectivity index (χ2v) is 7.81. The Morgan fingerprint density at radius 2 is 1.63 bits per heavy atom. The molecule has 2 atom stereocenters. The predicted molar refractivity (Wildman–Crippen MR) is 114 cm³/mol. The third-order valence-corrected chi connectivity index (χ3v) is 5.59. The molecule has 30 heavy (non-hydrogen) atoms. The molecule has 4 rings (SSSR count). The van der Waals surface area contributed by atoms with Crippen LogP contribution in [-0.4, -0.2) is 61.6 Å². The molecule has 2 aromatic carbocycles. The highest BCUT2D eigenvalue weighted by Crippen LogP contribution is 2.33. The molecule has 158 valence electrons. The number of ether oxygens (including phenoxy) is 2. The predicted octanol–water partition coefficient (Wildman–Crippen LogP) is 2.33. The molecule has 2 aromatic rings. The van der Waals surface area contributed by atoms with Crippen molar-refractivity contribution < 1.29 is 19.1 Å². The smallest absolute Gasteiger partial charge is 0.265 e. The van der Waals surface area contributed by atoms with Crippen molar-refractivity contribution >= 4 is 29.1 Å². The molecule has 0 spiro atoms. The molecule has 2 heterocycles. The molecule has 0 saturated carbocycles. The maximum Gasteiger partial charge on any atom is 0.265 e. The van der Waals surface area contributed by atoms with Crippen LogP contribution in [0.4, 0.5) is 5.69 Å².